The third-order valence-electron chi connectivity index (χ3n) is 3.03. The lowest BCUT2D eigenvalue weighted by Crippen LogP contribution is -2.14. The third kappa shape index (κ3) is 1.61. The van der Waals surface area contributed by atoms with Gasteiger partial charge in [0.05, 0.1) is 12.5 Å². The molecule has 0 heterocycles. The first-order valence-electron chi connectivity index (χ1n) is 4.97. The fourth-order valence-corrected chi connectivity index (χ4v) is 2.90. The maximum Gasteiger partial charge on any atom is 0.130 e. The first-order valence-corrected chi connectivity index (χ1v) is 5.41. The lowest BCUT2D eigenvalue weighted by molar-refractivity contribution is 0.409. The first kappa shape index (κ1) is 10.7. The molecule has 1 aromatic carbocycles. The van der Waals surface area contributed by atoms with Crippen LogP contribution in [0.4, 0.5) is 4.39 Å². The Hall–Kier alpha value is -0.760. The van der Waals surface area contributed by atoms with E-state index in [0.717, 1.165) is 17.5 Å². The van der Waals surface area contributed by atoms with Gasteiger partial charge in [0.2, 0.25) is 0 Å². The molecule has 15 heavy (non-hydrogen) atoms. The van der Waals surface area contributed by atoms with Crippen LogP contribution in [-0.2, 0) is 5.41 Å². The summed E-state index contributed by atoms with van der Waals surface area (Å²) in [6.45, 7) is 4.04. The highest BCUT2D eigenvalue weighted by molar-refractivity contribution is 6.21. The number of alkyl halides is 1. The van der Waals surface area contributed by atoms with Gasteiger partial charge in [-0.2, -0.15) is 0 Å². The zero-order valence-corrected chi connectivity index (χ0v) is 9.86. The maximum atomic E-state index is 13.9. The summed E-state index contributed by atoms with van der Waals surface area (Å²) in [7, 11) is 1.53. The summed E-state index contributed by atoms with van der Waals surface area (Å²) in [4.78, 5) is 0. The summed E-state index contributed by atoms with van der Waals surface area (Å²) in [6, 6.07) is 3.26. The highest BCUT2D eigenvalue weighted by Crippen LogP contribution is 2.49. The first-order chi connectivity index (χ1) is 6.95. The summed E-state index contributed by atoms with van der Waals surface area (Å²) < 4.78 is 18.9. The minimum absolute atomic E-state index is 0.111. The number of ether oxygens (including phenoxy) is 1. The van der Waals surface area contributed by atoms with Gasteiger partial charge in [-0.1, -0.05) is 13.8 Å². The van der Waals surface area contributed by atoms with Crippen LogP contribution < -0.4 is 4.74 Å². The number of hydrogen-bond acceptors (Lipinski definition) is 1. The fourth-order valence-electron chi connectivity index (χ4n) is 2.34. The number of halogens is 2. The Bertz CT molecular complexity index is 401. The van der Waals surface area contributed by atoms with Gasteiger partial charge < -0.3 is 4.74 Å². The predicted molar refractivity (Wildman–Crippen MR) is 59.2 cm³/mol. The van der Waals surface area contributed by atoms with E-state index in [1.54, 1.807) is 0 Å². The van der Waals surface area contributed by atoms with Crippen LogP contribution in [0.2, 0.25) is 0 Å². The second kappa shape index (κ2) is 3.38. The van der Waals surface area contributed by atoms with Gasteiger partial charge in [0.1, 0.15) is 11.6 Å². The molecule has 82 valence electrons. The van der Waals surface area contributed by atoms with Gasteiger partial charge in [-0.25, -0.2) is 4.39 Å². The molecule has 1 atom stereocenters. The van der Waals surface area contributed by atoms with Crippen molar-refractivity contribution in [3.05, 3.63) is 29.1 Å². The number of methoxy groups -OCH3 is 1. The number of hydrogen-bond donors (Lipinski definition) is 0. The molecule has 0 bridgehead atoms. The quantitative estimate of drug-likeness (QED) is 0.665. The van der Waals surface area contributed by atoms with Crippen molar-refractivity contribution in [1.29, 1.82) is 0 Å². The second-order valence-corrected chi connectivity index (χ2v) is 5.16. The van der Waals surface area contributed by atoms with Gasteiger partial charge in [-0.15, -0.1) is 11.6 Å². The molecular weight excluding hydrogens is 215 g/mol. The molecule has 0 saturated carbocycles. The predicted octanol–water partition coefficient (Wildman–Crippen LogP) is 3.80. The Balaban J connectivity index is 2.63. The van der Waals surface area contributed by atoms with E-state index in [2.05, 4.69) is 0 Å². The average molecular weight is 229 g/mol. The Morgan fingerprint density at radius 1 is 1.47 bits per heavy atom. The van der Waals surface area contributed by atoms with E-state index in [0.29, 0.717) is 5.75 Å². The number of fused-ring (bicyclic) bond motifs is 1. The van der Waals surface area contributed by atoms with Gasteiger partial charge in [0, 0.05) is 6.07 Å². The summed E-state index contributed by atoms with van der Waals surface area (Å²) in [6.07, 6.45) is 0.772. The average Bonchev–Trinajstić information content (AvgIpc) is 2.37. The molecule has 2 rings (SSSR count). The normalized spacial score (nSPS) is 22.6. The van der Waals surface area contributed by atoms with Crippen molar-refractivity contribution >= 4 is 11.6 Å². The minimum Gasteiger partial charge on any atom is -0.497 e. The molecule has 0 aromatic heterocycles. The molecule has 3 heteroatoms. The summed E-state index contributed by atoms with van der Waals surface area (Å²) in [5.41, 5.74) is 1.43. The number of rotatable bonds is 1. The van der Waals surface area contributed by atoms with Crippen LogP contribution in [0.5, 0.6) is 5.75 Å². The van der Waals surface area contributed by atoms with Crippen LogP contribution >= 0.6 is 11.6 Å². The van der Waals surface area contributed by atoms with Crippen LogP contribution in [-0.4, -0.2) is 7.11 Å². The van der Waals surface area contributed by atoms with E-state index < -0.39 is 0 Å². The molecule has 0 fully saturated rings. The molecule has 0 spiro atoms. The molecule has 1 aliphatic carbocycles. The second-order valence-electron chi connectivity index (χ2n) is 4.63. The van der Waals surface area contributed by atoms with Crippen LogP contribution in [0.3, 0.4) is 0 Å². The van der Waals surface area contributed by atoms with E-state index in [1.807, 2.05) is 19.9 Å². The van der Waals surface area contributed by atoms with Gasteiger partial charge in [0.15, 0.2) is 0 Å². The topological polar surface area (TPSA) is 9.23 Å². The standard InChI is InChI=1S/C12H14ClFO/c1-12(2)6-9(13)8-4-7(15-3)5-10(14)11(8)12/h4-5,9H,6H2,1-3H3. The highest BCUT2D eigenvalue weighted by Gasteiger charge is 2.38. The Morgan fingerprint density at radius 3 is 2.73 bits per heavy atom. The molecule has 1 aromatic rings. The van der Waals surface area contributed by atoms with Gasteiger partial charge in [-0.05, 0) is 29.0 Å². The SMILES string of the molecule is COc1cc(F)c2c(c1)C(Cl)CC2(C)C. The monoisotopic (exact) mass is 228 g/mol. The molecular formula is C12H14ClFO. The van der Waals surface area contributed by atoms with Crippen molar-refractivity contribution in [2.45, 2.75) is 31.1 Å². The van der Waals surface area contributed by atoms with E-state index in [4.69, 9.17) is 16.3 Å². The van der Waals surface area contributed by atoms with Crippen molar-refractivity contribution in [3.8, 4) is 5.75 Å². The maximum absolute atomic E-state index is 13.9. The minimum atomic E-state index is -0.211. The Morgan fingerprint density at radius 2 is 2.13 bits per heavy atom. The zero-order chi connectivity index (χ0) is 11.2. The van der Waals surface area contributed by atoms with Crippen LogP contribution in [0.1, 0.15) is 36.8 Å². The van der Waals surface area contributed by atoms with Crippen molar-refractivity contribution in [3.63, 3.8) is 0 Å². The van der Waals surface area contributed by atoms with Gasteiger partial charge in [0.25, 0.3) is 0 Å². The van der Waals surface area contributed by atoms with Crippen molar-refractivity contribution in [1.82, 2.24) is 0 Å². The molecule has 1 aliphatic rings. The van der Waals surface area contributed by atoms with E-state index >= 15 is 0 Å². The fraction of sp³-hybridized carbons (Fsp3) is 0.500. The van der Waals surface area contributed by atoms with Crippen molar-refractivity contribution < 1.29 is 9.13 Å². The molecule has 0 N–H and O–H groups in total. The smallest absolute Gasteiger partial charge is 0.130 e. The van der Waals surface area contributed by atoms with Crippen molar-refractivity contribution in [2.24, 2.45) is 0 Å². The van der Waals surface area contributed by atoms with Gasteiger partial charge in [-0.3, -0.25) is 0 Å². The van der Waals surface area contributed by atoms with Crippen molar-refractivity contribution in [2.75, 3.05) is 7.11 Å². The van der Waals surface area contributed by atoms with E-state index in [1.165, 1.54) is 13.2 Å². The summed E-state index contributed by atoms with van der Waals surface area (Å²) in [5, 5.41) is -0.111. The molecule has 0 radical (unpaired) electrons. The summed E-state index contributed by atoms with van der Waals surface area (Å²) >= 11 is 6.21. The zero-order valence-electron chi connectivity index (χ0n) is 9.10. The molecule has 0 aliphatic heterocycles. The van der Waals surface area contributed by atoms with Crippen LogP contribution in [0.15, 0.2) is 12.1 Å². The van der Waals surface area contributed by atoms with Crippen LogP contribution in [0, 0.1) is 5.82 Å². The third-order valence-corrected chi connectivity index (χ3v) is 3.42. The molecule has 0 amide bonds. The van der Waals surface area contributed by atoms with E-state index in [-0.39, 0.29) is 16.6 Å². The highest BCUT2D eigenvalue weighted by atomic mass is 35.5. The lowest BCUT2D eigenvalue weighted by Gasteiger charge is -2.19. The Kier molecular flexibility index (Phi) is 2.42. The number of benzene rings is 1. The molecule has 0 saturated heterocycles. The molecule has 1 unspecified atom stereocenters. The largest absolute Gasteiger partial charge is 0.497 e. The summed E-state index contributed by atoms with van der Waals surface area (Å²) in [5.74, 6) is 0.326. The lowest BCUT2D eigenvalue weighted by atomic mass is 9.86. The molecule has 1 nitrogen and oxygen atoms in total. The Labute approximate surface area is 94.2 Å². The van der Waals surface area contributed by atoms with Crippen LogP contribution in [0.25, 0.3) is 0 Å². The van der Waals surface area contributed by atoms with Gasteiger partial charge >= 0.3 is 0 Å². The van der Waals surface area contributed by atoms with E-state index in [9.17, 15) is 4.39 Å².